The maximum Gasteiger partial charge on any atom is 0.429 e. The number of rotatable bonds is 7. The van der Waals surface area contributed by atoms with Crippen LogP contribution in [0.1, 0.15) is 36.6 Å². The number of hydrogen-bond donors (Lipinski definition) is 3. The predicted molar refractivity (Wildman–Crippen MR) is 157 cm³/mol. The Labute approximate surface area is 255 Å². The maximum absolute atomic E-state index is 14.7. The van der Waals surface area contributed by atoms with E-state index in [1.54, 1.807) is 25.3 Å². The Morgan fingerprint density at radius 1 is 1.11 bits per heavy atom. The van der Waals surface area contributed by atoms with Gasteiger partial charge < -0.3 is 25.8 Å². The Kier molecular flexibility index (Phi) is 7.85. The summed E-state index contributed by atoms with van der Waals surface area (Å²) in [7, 11) is 0. The third-order valence-electron chi connectivity index (χ3n) is 8.49. The fourth-order valence-corrected chi connectivity index (χ4v) is 6.12. The van der Waals surface area contributed by atoms with E-state index in [0.717, 1.165) is 0 Å². The van der Waals surface area contributed by atoms with Crippen LogP contribution in [0.25, 0.3) is 16.8 Å². The van der Waals surface area contributed by atoms with Crippen LogP contribution in [0.3, 0.4) is 0 Å². The number of aromatic nitrogens is 4. The molecule has 1 spiro atoms. The third kappa shape index (κ3) is 6.41. The number of nitrogens with zero attached hydrogens (tertiary/aromatic N) is 5. The van der Waals surface area contributed by atoms with Crippen molar-refractivity contribution in [1.29, 1.82) is 0 Å². The lowest BCUT2D eigenvalue weighted by Crippen LogP contribution is -2.41. The zero-order chi connectivity index (χ0) is 31.9. The first-order valence-electron chi connectivity index (χ1n) is 14.4. The topological polar surface area (TPSA) is 131 Å². The molecule has 2 aromatic carbocycles. The lowest BCUT2D eigenvalue weighted by Gasteiger charge is -2.39. The van der Waals surface area contributed by atoms with E-state index in [4.69, 9.17) is 10.5 Å². The van der Waals surface area contributed by atoms with E-state index in [1.807, 2.05) is 4.90 Å². The van der Waals surface area contributed by atoms with Crippen molar-refractivity contribution in [2.75, 3.05) is 30.3 Å². The van der Waals surface area contributed by atoms with Gasteiger partial charge in [-0.05, 0) is 67.0 Å². The van der Waals surface area contributed by atoms with Crippen molar-refractivity contribution in [3.8, 4) is 22.7 Å². The van der Waals surface area contributed by atoms with Gasteiger partial charge in [0.15, 0.2) is 0 Å². The zero-order valence-corrected chi connectivity index (χ0v) is 24.3. The van der Waals surface area contributed by atoms with Crippen molar-refractivity contribution in [3.05, 3.63) is 77.9 Å². The lowest BCUT2D eigenvalue weighted by atomic mass is 9.76. The van der Waals surface area contributed by atoms with Gasteiger partial charge in [0.1, 0.15) is 17.7 Å². The second-order valence-corrected chi connectivity index (χ2v) is 11.6. The normalized spacial score (nSPS) is 18.7. The largest absolute Gasteiger partial charge is 0.480 e. The number of carboxylic acids is 1. The molecule has 2 saturated heterocycles. The molecule has 1 unspecified atom stereocenters. The minimum atomic E-state index is -4.87. The summed E-state index contributed by atoms with van der Waals surface area (Å²) in [6.45, 7) is 3.32. The number of ether oxygens (including phenoxy) is 1. The number of benzene rings is 2. The summed E-state index contributed by atoms with van der Waals surface area (Å²) in [5, 5.41) is 16.8. The molecular formula is C31H31F4N7O3. The molecule has 14 heteroatoms. The minimum absolute atomic E-state index is 0.0978. The Balaban J connectivity index is 1.30. The van der Waals surface area contributed by atoms with E-state index in [-0.39, 0.29) is 28.5 Å². The number of nitrogen functional groups attached to an aromatic ring is 1. The van der Waals surface area contributed by atoms with Crippen LogP contribution in [0, 0.1) is 18.2 Å². The summed E-state index contributed by atoms with van der Waals surface area (Å²) < 4.78 is 65.1. The van der Waals surface area contributed by atoms with Crippen molar-refractivity contribution >= 4 is 17.7 Å². The number of nitrogens with two attached hydrogens (primary N) is 1. The Bertz CT molecular complexity index is 1720. The highest BCUT2D eigenvalue weighted by atomic mass is 19.4. The van der Waals surface area contributed by atoms with Gasteiger partial charge in [-0.3, -0.25) is 4.79 Å². The molecule has 10 nitrogen and oxygen atoms in total. The molecule has 4 aromatic rings. The van der Waals surface area contributed by atoms with Gasteiger partial charge in [0.05, 0.1) is 11.4 Å². The minimum Gasteiger partial charge on any atom is -0.480 e. The maximum atomic E-state index is 14.7. The summed E-state index contributed by atoms with van der Waals surface area (Å²) in [5.74, 6) is -1.64. The van der Waals surface area contributed by atoms with Gasteiger partial charge in [0.2, 0.25) is 17.9 Å². The standard InChI is InChI=1S/C31H31F4N7O3/c1-18-7-10-42(40-18)24-14-20(19-3-2-4-21(32)13-19)5-6-22(24)27(31(33,34)35)45-26-15-25(38-29(36)39-26)41-11-8-30(9-12-41)16-23(28(43)44)37-17-30/h2-7,10,13-15,23,27,37H,8-9,11-12,16-17H2,1H3,(H,43,44)(H2,36,38,39)/t23?,27-/m1/s1. The van der Waals surface area contributed by atoms with Gasteiger partial charge in [-0.15, -0.1) is 0 Å². The first-order chi connectivity index (χ1) is 21.4. The van der Waals surface area contributed by atoms with Crippen molar-refractivity contribution < 1.29 is 32.2 Å². The van der Waals surface area contributed by atoms with E-state index in [1.165, 1.54) is 47.1 Å². The molecule has 236 valence electrons. The number of alkyl halides is 3. The highest BCUT2D eigenvalue weighted by molar-refractivity contribution is 5.74. The molecule has 0 aliphatic carbocycles. The van der Waals surface area contributed by atoms with Crippen LogP contribution in [0.15, 0.2) is 60.8 Å². The molecule has 45 heavy (non-hydrogen) atoms. The quantitative estimate of drug-likeness (QED) is 0.241. The molecule has 4 N–H and O–H groups in total. The van der Waals surface area contributed by atoms with Gasteiger partial charge in [0, 0.05) is 37.5 Å². The molecule has 0 bridgehead atoms. The fourth-order valence-electron chi connectivity index (χ4n) is 6.12. The molecule has 2 aromatic heterocycles. The van der Waals surface area contributed by atoms with E-state index >= 15 is 0 Å². The SMILES string of the molecule is Cc1ccn(-c2cc(-c3cccc(F)c3)ccc2[C@@H](Oc2cc(N3CCC4(CC3)CNC(C(=O)O)C4)nc(N)n2)C(F)(F)F)n1. The van der Waals surface area contributed by atoms with Crippen molar-refractivity contribution in [1.82, 2.24) is 25.1 Å². The second kappa shape index (κ2) is 11.7. The summed E-state index contributed by atoms with van der Waals surface area (Å²) in [6.07, 6.45) is -3.91. The number of carbonyl (C=O) groups is 1. The molecular weight excluding hydrogens is 594 g/mol. The van der Waals surface area contributed by atoms with E-state index in [2.05, 4.69) is 20.4 Å². The van der Waals surface area contributed by atoms with Crippen molar-refractivity contribution in [2.45, 2.75) is 44.5 Å². The van der Waals surface area contributed by atoms with Crippen molar-refractivity contribution in [3.63, 3.8) is 0 Å². The monoisotopic (exact) mass is 625 g/mol. The lowest BCUT2D eigenvalue weighted by molar-refractivity contribution is -0.198. The molecule has 0 amide bonds. The number of aliphatic carboxylic acids is 1. The first-order valence-corrected chi connectivity index (χ1v) is 14.4. The number of anilines is 2. The van der Waals surface area contributed by atoms with Crippen LogP contribution in [0.2, 0.25) is 0 Å². The number of halogens is 4. The smallest absolute Gasteiger partial charge is 0.429 e. The summed E-state index contributed by atoms with van der Waals surface area (Å²) >= 11 is 0. The van der Waals surface area contributed by atoms with E-state index in [9.17, 15) is 27.5 Å². The van der Waals surface area contributed by atoms with Crippen LogP contribution in [0.4, 0.5) is 29.3 Å². The van der Waals surface area contributed by atoms with Gasteiger partial charge >= 0.3 is 12.1 Å². The van der Waals surface area contributed by atoms with Crippen LogP contribution in [-0.2, 0) is 4.79 Å². The van der Waals surface area contributed by atoms with Gasteiger partial charge in [0.25, 0.3) is 0 Å². The molecule has 2 fully saturated rings. The Morgan fingerprint density at radius 3 is 2.51 bits per heavy atom. The number of hydrogen-bond acceptors (Lipinski definition) is 8. The fraction of sp³-hybridized carbons (Fsp3) is 0.355. The van der Waals surface area contributed by atoms with Crippen LogP contribution in [0.5, 0.6) is 5.88 Å². The third-order valence-corrected chi connectivity index (χ3v) is 8.49. The molecule has 2 aliphatic rings. The zero-order valence-electron chi connectivity index (χ0n) is 24.3. The van der Waals surface area contributed by atoms with E-state index in [0.29, 0.717) is 61.5 Å². The summed E-state index contributed by atoms with van der Waals surface area (Å²) in [5.41, 5.74) is 7.21. The number of piperidine rings is 1. The second-order valence-electron chi connectivity index (χ2n) is 11.6. The molecule has 0 radical (unpaired) electrons. The highest BCUT2D eigenvalue weighted by Crippen LogP contribution is 2.42. The molecule has 2 atom stereocenters. The van der Waals surface area contributed by atoms with Crippen LogP contribution >= 0.6 is 0 Å². The molecule has 2 aliphatic heterocycles. The predicted octanol–water partition coefficient (Wildman–Crippen LogP) is 5.07. The molecule has 0 saturated carbocycles. The average Bonchev–Trinajstić information content (AvgIpc) is 3.62. The van der Waals surface area contributed by atoms with Gasteiger partial charge in [-0.2, -0.15) is 28.2 Å². The van der Waals surface area contributed by atoms with E-state index < -0.39 is 30.1 Å². The highest BCUT2D eigenvalue weighted by Gasteiger charge is 2.46. The average molecular weight is 626 g/mol. The van der Waals surface area contributed by atoms with Crippen LogP contribution in [-0.4, -0.2) is 62.7 Å². The Morgan fingerprint density at radius 2 is 1.87 bits per heavy atom. The van der Waals surface area contributed by atoms with Crippen molar-refractivity contribution in [2.24, 2.45) is 5.41 Å². The number of carboxylic acid groups (broad SMARTS) is 1. The summed E-state index contributed by atoms with van der Waals surface area (Å²) in [4.78, 5) is 21.5. The number of aryl methyl sites for hydroxylation is 1. The van der Waals surface area contributed by atoms with Gasteiger partial charge in [-0.25, -0.2) is 9.07 Å². The molecule has 6 rings (SSSR count). The Hall–Kier alpha value is -4.72. The molecule has 4 heterocycles. The van der Waals surface area contributed by atoms with Gasteiger partial charge in [-0.1, -0.05) is 24.3 Å². The first kappa shape index (κ1) is 30.3. The summed E-state index contributed by atoms with van der Waals surface area (Å²) in [6, 6.07) is 12.4. The van der Waals surface area contributed by atoms with Crippen LogP contribution < -0.4 is 20.7 Å². The number of nitrogens with one attached hydrogen (secondary N) is 1.